The Morgan fingerprint density at radius 2 is 1.70 bits per heavy atom. The lowest BCUT2D eigenvalue weighted by Gasteiger charge is -2.07. The van der Waals surface area contributed by atoms with Gasteiger partial charge in [-0.2, -0.15) is 0 Å². The maximum Gasteiger partial charge on any atom is 0.240 e. The highest BCUT2D eigenvalue weighted by molar-refractivity contribution is 7.89. The molecule has 0 saturated carbocycles. The summed E-state index contributed by atoms with van der Waals surface area (Å²) in [7, 11) is -3.66. The van der Waals surface area contributed by atoms with E-state index in [0.717, 1.165) is 12.1 Å². The summed E-state index contributed by atoms with van der Waals surface area (Å²) in [5, 5.41) is 9.57. The number of benzene rings is 2. The molecule has 2 N–H and O–H groups in total. The molecule has 0 radical (unpaired) electrons. The van der Waals surface area contributed by atoms with E-state index in [1.54, 1.807) is 24.3 Å². The minimum atomic E-state index is -3.66. The Hall–Kier alpha value is -1.92. The summed E-state index contributed by atoms with van der Waals surface area (Å²) in [6.45, 7) is 0.150. The second-order valence-corrected chi connectivity index (χ2v) is 6.00. The minimum Gasteiger partial charge on any atom is -0.508 e. The van der Waals surface area contributed by atoms with Crippen molar-refractivity contribution in [1.82, 2.24) is 4.72 Å². The van der Waals surface area contributed by atoms with Crippen LogP contribution >= 0.6 is 0 Å². The summed E-state index contributed by atoms with van der Waals surface area (Å²) >= 11 is 0. The lowest BCUT2D eigenvalue weighted by atomic mass is 10.1. The van der Waals surface area contributed by atoms with E-state index in [0.29, 0.717) is 12.0 Å². The quantitative estimate of drug-likeness (QED) is 0.887. The SMILES string of the molecule is O=S(=O)(NCCc1ccccc1O)c1ccc(F)cc1. The Morgan fingerprint density at radius 1 is 1.05 bits per heavy atom. The summed E-state index contributed by atoms with van der Waals surface area (Å²) in [4.78, 5) is 0.0104. The van der Waals surface area contributed by atoms with Crippen LogP contribution in [0, 0.1) is 5.82 Å². The van der Waals surface area contributed by atoms with Gasteiger partial charge in [0.15, 0.2) is 0 Å². The molecule has 0 aliphatic rings. The van der Waals surface area contributed by atoms with E-state index >= 15 is 0 Å². The van der Waals surface area contributed by atoms with Gasteiger partial charge < -0.3 is 5.11 Å². The van der Waals surface area contributed by atoms with Crippen LogP contribution in [0.25, 0.3) is 0 Å². The molecule has 4 nitrogen and oxygen atoms in total. The molecule has 0 aromatic heterocycles. The number of rotatable bonds is 5. The van der Waals surface area contributed by atoms with Crippen LogP contribution in [0.15, 0.2) is 53.4 Å². The number of hydrogen-bond donors (Lipinski definition) is 2. The third kappa shape index (κ3) is 3.55. The second kappa shape index (κ2) is 6.02. The van der Waals surface area contributed by atoms with Crippen LogP contribution in [0.3, 0.4) is 0 Å². The fourth-order valence-corrected chi connectivity index (χ4v) is 2.77. The van der Waals surface area contributed by atoms with Gasteiger partial charge >= 0.3 is 0 Å². The highest BCUT2D eigenvalue weighted by Gasteiger charge is 2.13. The van der Waals surface area contributed by atoms with Gasteiger partial charge in [-0.15, -0.1) is 0 Å². The molecule has 0 bridgehead atoms. The number of phenols is 1. The standard InChI is InChI=1S/C14H14FNO3S/c15-12-5-7-13(8-6-12)20(18,19)16-10-9-11-3-1-2-4-14(11)17/h1-8,16-17H,9-10H2. The molecule has 0 fully saturated rings. The number of sulfonamides is 1. The fraction of sp³-hybridized carbons (Fsp3) is 0.143. The molecule has 2 aromatic rings. The first kappa shape index (κ1) is 14.5. The number of para-hydroxylation sites is 1. The summed E-state index contributed by atoms with van der Waals surface area (Å²) in [6, 6.07) is 11.3. The average Bonchev–Trinajstić information content (AvgIpc) is 2.41. The van der Waals surface area contributed by atoms with E-state index in [1.807, 2.05) is 0 Å². The van der Waals surface area contributed by atoms with E-state index in [9.17, 15) is 17.9 Å². The molecule has 0 aliphatic heterocycles. The van der Waals surface area contributed by atoms with Gasteiger partial charge in [-0.3, -0.25) is 0 Å². The number of aromatic hydroxyl groups is 1. The lowest BCUT2D eigenvalue weighted by Crippen LogP contribution is -2.26. The molecular formula is C14H14FNO3S. The first-order valence-electron chi connectivity index (χ1n) is 6.01. The number of hydrogen-bond acceptors (Lipinski definition) is 3. The minimum absolute atomic E-state index is 0.0104. The third-order valence-electron chi connectivity index (χ3n) is 2.80. The summed E-state index contributed by atoms with van der Waals surface area (Å²) in [6.07, 6.45) is 0.368. The lowest BCUT2D eigenvalue weighted by molar-refractivity contribution is 0.467. The van der Waals surface area contributed by atoms with Gasteiger partial charge in [-0.1, -0.05) is 18.2 Å². The molecule has 6 heteroatoms. The van der Waals surface area contributed by atoms with Gasteiger partial charge in [0.2, 0.25) is 10.0 Å². The highest BCUT2D eigenvalue weighted by atomic mass is 32.2. The number of halogens is 1. The van der Waals surface area contributed by atoms with E-state index in [4.69, 9.17) is 0 Å². The van der Waals surface area contributed by atoms with Crippen molar-refractivity contribution in [3.63, 3.8) is 0 Å². The van der Waals surface area contributed by atoms with E-state index < -0.39 is 15.8 Å². The van der Waals surface area contributed by atoms with E-state index in [1.165, 1.54) is 12.1 Å². The maximum atomic E-state index is 12.7. The molecule has 2 aromatic carbocycles. The Labute approximate surface area is 116 Å². The van der Waals surface area contributed by atoms with Crippen molar-refractivity contribution >= 4 is 10.0 Å². The Bertz CT molecular complexity index is 684. The van der Waals surface area contributed by atoms with Crippen molar-refractivity contribution in [1.29, 1.82) is 0 Å². The van der Waals surface area contributed by atoms with Crippen molar-refractivity contribution in [2.24, 2.45) is 0 Å². The summed E-state index contributed by atoms with van der Waals surface area (Å²) in [5.74, 6) is -0.355. The van der Waals surface area contributed by atoms with Crippen LogP contribution in [0.1, 0.15) is 5.56 Å². The smallest absolute Gasteiger partial charge is 0.240 e. The molecule has 0 spiro atoms. The zero-order valence-corrected chi connectivity index (χ0v) is 11.4. The summed E-state index contributed by atoms with van der Waals surface area (Å²) in [5.41, 5.74) is 0.661. The topological polar surface area (TPSA) is 66.4 Å². The zero-order chi connectivity index (χ0) is 14.6. The molecular weight excluding hydrogens is 281 g/mol. The van der Waals surface area contributed by atoms with Crippen LogP contribution in [0.4, 0.5) is 4.39 Å². The van der Waals surface area contributed by atoms with Crippen molar-refractivity contribution < 1.29 is 17.9 Å². The predicted molar refractivity (Wildman–Crippen MR) is 73.4 cm³/mol. The number of nitrogens with one attached hydrogen (secondary N) is 1. The molecule has 106 valence electrons. The van der Waals surface area contributed by atoms with E-state index in [2.05, 4.69) is 4.72 Å². The largest absolute Gasteiger partial charge is 0.508 e. The van der Waals surface area contributed by atoms with Gasteiger partial charge in [0.25, 0.3) is 0 Å². The van der Waals surface area contributed by atoms with Gasteiger partial charge in [0.05, 0.1) is 4.90 Å². The van der Waals surface area contributed by atoms with Gasteiger partial charge in [-0.25, -0.2) is 17.5 Å². The Morgan fingerprint density at radius 3 is 2.35 bits per heavy atom. The van der Waals surface area contributed by atoms with E-state index in [-0.39, 0.29) is 17.2 Å². The van der Waals surface area contributed by atoms with Crippen LogP contribution in [0.2, 0.25) is 0 Å². The third-order valence-corrected chi connectivity index (χ3v) is 4.28. The zero-order valence-electron chi connectivity index (χ0n) is 10.6. The van der Waals surface area contributed by atoms with Crippen LogP contribution < -0.4 is 4.72 Å². The molecule has 20 heavy (non-hydrogen) atoms. The van der Waals surface area contributed by atoms with Crippen LogP contribution in [0.5, 0.6) is 5.75 Å². The van der Waals surface area contributed by atoms with Crippen molar-refractivity contribution in [3.05, 3.63) is 59.9 Å². The molecule has 0 amide bonds. The van der Waals surface area contributed by atoms with Crippen molar-refractivity contribution in [3.8, 4) is 5.75 Å². The summed E-state index contributed by atoms with van der Waals surface area (Å²) < 4.78 is 39.0. The molecule has 0 saturated heterocycles. The highest BCUT2D eigenvalue weighted by Crippen LogP contribution is 2.16. The monoisotopic (exact) mass is 295 g/mol. The van der Waals surface area contributed by atoms with Crippen molar-refractivity contribution in [2.75, 3.05) is 6.54 Å². The molecule has 0 unspecified atom stereocenters. The average molecular weight is 295 g/mol. The Balaban J connectivity index is 2.00. The fourth-order valence-electron chi connectivity index (χ4n) is 1.74. The first-order valence-corrected chi connectivity index (χ1v) is 7.49. The predicted octanol–water partition coefficient (Wildman–Crippen LogP) is 2.05. The molecule has 2 rings (SSSR count). The van der Waals surface area contributed by atoms with Gasteiger partial charge in [0, 0.05) is 6.54 Å². The second-order valence-electron chi connectivity index (χ2n) is 4.23. The van der Waals surface area contributed by atoms with Crippen LogP contribution in [-0.2, 0) is 16.4 Å². The van der Waals surface area contributed by atoms with Gasteiger partial charge in [-0.05, 0) is 42.3 Å². The first-order chi connectivity index (χ1) is 9.49. The maximum absolute atomic E-state index is 12.7. The Kier molecular flexibility index (Phi) is 4.36. The van der Waals surface area contributed by atoms with Crippen molar-refractivity contribution in [2.45, 2.75) is 11.3 Å². The number of phenolic OH excluding ortho intramolecular Hbond substituents is 1. The van der Waals surface area contributed by atoms with Gasteiger partial charge in [0.1, 0.15) is 11.6 Å². The molecule has 0 atom stereocenters. The molecule has 0 heterocycles. The molecule has 0 aliphatic carbocycles. The normalized spacial score (nSPS) is 11.4. The van der Waals surface area contributed by atoms with Crippen LogP contribution in [-0.4, -0.2) is 20.1 Å².